The van der Waals surface area contributed by atoms with Gasteiger partial charge in [-0.15, -0.1) is 0 Å². The molecule has 0 aliphatic carbocycles. The Balaban J connectivity index is 2.85. The van der Waals surface area contributed by atoms with E-state index in [-0.39, 0.29) is 19.0 Å². The van der Waals surface area contributed by atoms with Crippen molar-refractivity contribution in [2.75, 3.05) is 20.2 Å². The summed E-state index contributed by atoms with van der Waals surface area (Å²) in [5, 5.41) is 13.9. The highest BCUT2D eigenvalue weighted by Gasteiger charge is 2.37. The van der Waals surface area contributed by atoms with E-state index in [2.05, 4.69) is 15.4 Å². The highest BCUT2D eigenvalue weighted by Crippen LogP contribution is 2.09. The largest absolute Gasteiger partial charge is 0.480 e. The van der Waals surface area contributed by atoms with Gasteiger partial charge in [0.05, 0.1) is 7.11 Å². The Morgan fingerprint density at radius 2 is 2.05 bits per heavy atom. The molecule has 1 saturated heterocycles. The summed E-state index contributed by atoms with van der Waals surface area (Å²) >= 11 is 0. The van der Waals surface area contributed by atoms with E-state index in [4.69, 9.17) is 5.11 Å². The number of amides is 3. The predicted octanol–water partition coefficient (Wildman–Crippen LogP) is -1.22. The lowest BCUT2D eigenvalue weighted by atomic mass is 10.0. The minimum Gasteiger partial charge on any atom is -0.480 e. The number of esters is 1. The topological polar surface area (TPSA) is 125 Å². The highest BCUT2D eigenvalue weighted by atomic mass is 16.5. The van der Waals surface area contributed by atoms with E-state index in [1.807, 2.05) is 0 Å². The summed E-state index contributed by atoms with van der Waals surface area (Å²) in [6, 6.07) is -2.88. The fraction of sp³-hybridized carbons (Fsp3) is 0.667. The van der Waals surface area contributed by atoms with Crippen molar-refractivity contribution in [3.05, 3.63) is 0 Å². The molecule has 9 heteroatoms. The minimum absolute atomic E-state index is 0.174. The standard InChI is InChI=1S/C12H19N3O6/c1-6(2)9(11(19)21-3)14-12(20)15-5-8(16)13-4-7(15)10(17)18/h6-7,9H,4-5H2,1-3H3,(H,13,16)(H,14,20)(H,17,18). The second-order valence-corrected chi connectivity index (χ2v) is 4.98. The van der Waals surface area contributed by atoms with Gasteiger partial charge < -0.3 is 20.5 Å². The van der Waals surface area contributed by atoms with Crippen LogP contribution in [0.15, 0.2) is 0 Å². The number of carboxylic acid groups (broad SMARTS) is 1. The van der Waals surface area contributed by atoms with Crippen LogP contribution in [0.2, 0.25) is 0 Å². The SMILES string of the molecule is COC(=O)C(NC(=O)N1CC(=O)NCC1C(=O)O)C(C)C. The molecule has 2 atom stereocenters. The molecule has 3 amide bonds. The fourth-order valence-corrected chi connectivity index (χ4v) is 1.92. The maximum Gasteiger partial charge on any atom is 0.328 e. The van der Waals surface area contributed by atoms with Crippen LogP contribution in [0.1, 0.15) is 13.8 Å². The van der Waals surface area contributed by atoms with E-state index in [0.29, 0.717) is 0 Å². The number of methoxy groups -OCH3 is 1. The molecule has 0 aromatic rings. The number of ether oxygens (including phenoxy) is 1. The number of hydrogen-bond acceptors (Lipinski definition) is 5. The molecule has 118 valence electrons. The Bertz CT molecular complexity index is 450. The van der Waals surface area contributed by atoms with E-state index in [0.717, 1.165) is 4.90 Å². The first-order chi connectivity index (χ1) is 9.77. The summed E-state index contributed by atoms with van der Waals surface area (Å²) in [7, 11) is 1.19. The van der Waals surface area contributed by atoms with Gasteiger partial charge in [-0.05, 0) is 5.92 Å². The van der Waals surface area contributed by atoms with Crippen LogP contribution in [0, 0.1) is 5.92 Å². The van der Waals surface area contributed by atoms with E-state index in [1.165, 1.54) is 7.11 Å². The van der Waals surface area contributed by atoms with Crippen molar-refractivity contribution in [1.82, 2.24) is 15.5 Å². The molecular formula is C12H19N3O6. The van der Waals surface area contributed by atoms with Crippen LogP contribution in [0.4, 0.5) is 4.79 Å². The second-order valence-electron chi connectivity index (χ2n) is 4.98. The Kier molecular flexibility index (Phi) is 5.51. The molecule has 1 aliphatic rings. The van der Waals surface area contributed by atoms with E-state index in [1.54, 1.807) is 13.8 Å². The molecule has 0 bridgehead atoms. The summed E-state index contributed by atoms with van der Waals surface area (Å²) in [6.45, 7) is 2.86. The van der Waals surface area contributed by atoms with E-state index in [9.17, 15) is 19.2 Å². The first kappa shape index (κ1) is 16.7. The van der Waals surface area contributed by atoms with Crippen molar-refractivity contribution in [2.45, 2.75) is 25.9 Å². The lowest BCUT2D eigenvalue weighted by Crippen LogP contribution is -2.63. The number of nitrogens with zero attached hydrogens (tertiary/aromatic N) is 1. The molecule has 2 unspecified atom stereocenters. The van der Waals surface area contributed by atoms with Crippen molar-refractivity contribution >= 4 is 23.9 Å². The van der Waals surface area contributed by atoms with Crippen LogP contribution >= 0.6 is 0 Å². The number of urea groups is 1. The maximum atomic E-state index is 12.2. The normalized spacial score (nSPS) is 19.7. The number of carbonyl (C=O) groups is 4. The first-order valence-electron chi connectivity index (χ1n) is 6.42. The molecule has 21 heavy (non-hydrogen) atoms. The van der Waals surface area contributed by atoms with Crippen LogP contribution in [-0.2, 0) is 19.1 Å². The van der Waals surface area contributed by atoms with Gasteiger partial charge in [-0.3, -0.25) is 9.69 Å². The van der Waals surface area contributed by atoms with Gasteiger partial charge in [-0.2, -0.15) is 0 Å². The average molecular weight is 301 g/mol. The van der Waals surface area contributed by atoms with Gasteiger partial charge in [0.2, 0.25) is 5.91 Å². The number of hydrogen-bond donors (Lipinski definition) is 3. The van der Waals surface area contributed by atoms with Gasteiger partial charge in [0.25, 0.3) is 0 Å². The number of carboxylic acids is 1. The van der Waals surface area contributed by atoms with Crippen molar-refractivity contribution < 1.29 is 29.0 Å². The van der Waals surface area contributed by atoms with Gasteiger partial charge in [0.15, 0.2) is 0 Å². The van der Waals surface area contributed by atoms with Crippen LogP contribution in [-0.4, -0.2) is 66.2 Å². The molecule has 3 N–H and O–H groups in total. The summed E-state index contributed by atoms with van der Waals surface area (Å²) in [6.07, 6.45) is 0. The van der Waals surface area contributed by atoms with Gasteiger partial charge in [0, 0.05) is 6.54 Å². The van der Waals surface area contributed by atoms with Gasteiger partial charge in [0.1, 0.15) is 18.6 Å². The number of carbonyl (C=O) groups excluding carboxylic acids is 3. The van der Waals surface area contributed by atoms with Crippen molar-refractivity contribution in [3.63, 3.8) is 0 Å². The summed E-state index contributed by atoms with van der Waals surface area (Å²) < 4.78 is 4.59. The van der Waals surface area contributed by atoms with Crippen molar-refractivity contribution in [3.8, 4) is 0 Å². The molecule has 9 nitrogen and oxygen atoms in total. The summed E-state index contributed by atoms with van der Waals surface area (Å²) in [5.41, 5.74) is 0. The molecule has 0 saturated carbocycles. The van der Waals surface area contributed by atoms with Crippen molar-refractivity contribution in [1.29, 1.82) is 0 Å². The van der Waals surface area contributed by atoms with Gasteiger partial charge in [-0.1, -0.05) is 13.8 Å². The van der Waals surface area contributed by atoms with Gasteiger partial charge >= 0.3 is 18.0 Å². The van der Waals surface area contributed by atoms with Crippen LogP contribution in [0.25, 0.3) is 0 Å². The summed E-state index contributed by atoms with van der Waals surface area (Å²) in [5.74, 6) is -2.57. The predicted molar refractivity (Wildman–Crippen MR) is 70.3 cm³/mol. The molecule has 0 radical (unpaired) electrons. The monoisotopic (exact) mass is 301 g/mol. The second kappa shape index (κ2) is 6.91. The van der Waals surface area contributed by atoms with Crippen molar-refractivity contribution in [2.24, 2.45) is 5.92 Å². The Hall–Kier alpha value is -2.32. The molecule has 0 spiro atoms. The third kappa shape index (κ3) is 4.07. The Labute approximate surface area is 121 Å². The van der Waals surface area contributed by atoms with Crippen LogP contribution in [0.5, 0.6) is 0 Å². The lowest BCUT2D eigenvalue weighted by Gasteiger charge is -2.34. The zero-order valence-corrected chi connectivity index (χ0v) is 12.1. The average Bonchev–Trinajstić information content (AvgIpc) is 2.42. The number of aliphatic carboxylic acids is 1. The lowest BCUT2D eigenvalue weighted by molar-refractivity contribution is -0.144. The van der Waals surface area contributed by atoms with E-state index < -0.39 is 36.0 Å². The number of rotatable bonds is 4. The van der Waals surface area contributed by atoms with Gasteiger partial charge in [-0.25, -0.2) is 14.4 Å². The smallest absolute Gasteiger partial charge is 0.328 e. The molecule has 1 fully saturated rings. The maximum absolute atomic E-state index is 12.2. The highest BCUT2D eigenvalue weighted by molar-refractivity contribution is 5.92. The molecule has 1 aliphatic heterocycles. The Morgan fingerprint density at radius 3 is 2.52 bits per heavy atom. The third-order valence-electron chi connectivity index (χ3n) is 3.13. The van der Waals surface area contributed by atoms with Crippen LogP contribution in [0.3, 0.4) is 0 Å². The molecule has 1 heterocycles. The number of nitrogens with one attached hydrogen (secondary N) is 2. The van der Waals surface area contributed by atoms with Crippen LogP contribution < -0.4 is 10.6 Å². The first-order valence-corrected chi connectivity index (χ1v) is 6.42. The summed E-state index contributed by atoms with van der Waals surface area (Å²) in [4.78, 5) is 47.1. The quantitative estimate of drug-likeness (QED) is 0.559. The zero-order valence-electron chi connectivity index (χ0n) is 12.1. The number of piperazine rings is 1. The molecule has 0 aromatic heterocycles. The Morgan fingerprint density at radius 1 is 1.43 bits per heavy atom. The molecule has 1 rings (SSSR count). The fourth-order valence-electron chi connectivity index (χ4n) is 1.92. The zero-order chi connectivity index (χ0) is 16.2. The molecular weight excluding hydrogens is 282 g/mol. The minimum atomic E-state index is -1.23. The third-order valence-corrected chi connectivity index (χ3v) is 3.13. The van der Waals surface area contributed by atoms with E-state index >= 15 is 0 Å². The molecule has 0 aromatic carbocycles.